The van der Waals surface area contributed by atoms with Gasteiger partial charge in [-0.2, -0.15) is 0 Å². The van der Waals surface area contributed by atoms with Gasteiger partial charge in [0.05, 0.1) is 18.5 Å². The lowest BCUT2D eigenvalue weighted by molar-refractivity contribution is -0.975. The van der Waals surface area contributed by atoms with E-state index >= 15 is 0 Å². The van der Waals surface area contributed by atoms with E-state index in [4.69, 9.17) is 11.5 Å². The van der Waals surface area contributed by atoms with Crippen molar-refractivity contribution in [3.63, 3.8) is 0 Å². The van der Waals surface area contributed by atoms with E-state index in [2.05, 4.69) is 0 Å². The first-order valence-electron chi connectivity index (χ1n) is 9.49. The van der Waals surface area contributed by atoms with Gasteiger partial charge in [-0.1, -0.05) is 12.1 Å². The summed E-state index contributed by atoms with van der Waals surface area (Å²) >= 11 is 0. The molecule has 0 aliphatic rings. The molecule has 31 heavy (non-hydrogen) atoms. The second kappa shape index (κ2) is 11.2. The Morgan fingerprint density at radius 1 is 0.774 bits per heavy atom. The molecular weight excluding hydrogens is 412 g/mol. The number of hydrogen-bond acceptors (Lipinski definition) is 8. The van der Waals surface area contributed by atoms with Crippen molar-refractivity contribution in [2.45, 2.75) is 6.54 Å². The van der Waals surface area contributed by atoms with Crippen molar-refractivity contribution in [3.05, 3.63) is 29.8 Å². The van der Waals surface area contributed by atoms with E-state index in [0.29, 0.717) is 11.3 Å². The molecule has 6 N–H and O–H groups in total. The largest absolute Gasteiger partial charge is 0.544 e. The first-order chi connectivity index (χ1) is 14.4. The van der Waals surface area contributed by atoms with Crippen LogP contribution in [0.1, 0.15) is 5.56 Å². The van der Waals surface area contributed by atoms with Gasteiger partial charge >= 0.3 is 11.9 Å². The number of aliphatic carboxylic acids is 4. The molecular formula is C19H28N4O8. The van der Waals surface area contributed by atoms with Crippen LogP contribution in [0.4, 0.5) is 5.69 Å². The second-order valence-corrected chi connectivity index (χ2v) is 7.71. The lowest BCUT2D eigenvalue weighted by atomic mass is 10.1. The van der Waals surface area contributed by atoms with Gasteiger partial charge < -0.3 is 46.0 Å². The first-order valence-corrected chi connectivity index (χ1v) is 9.49. The molecule has 0 saturated carbocycles. The number of nitrogens with zero attached hydrogens (tertiary/aromatic N) is 2. The molecule has 0 bridgehead atoms. The number of carboxylic acid groups (broad SMARTS) is 4. The molecule has 0 saturated heterocycles. The van der Waals surface area contributed by atoms with Gasteiger partial charge in [-0.15, -0.1) is 0 Å². The van der Waals surface area contributed by atoms with E-state index in [0.717, 1.165) is 0 Å². The molecule has 0 fully saturated rings. The topological polar surface area (TPSA) is 207 Å². The summed E-state index contributed by atoms with van der Waals surface area (Å²) in [4.78, 5) is 45.7. The Bertz CT molecular complexity index is 765. The maximum Gasteiger partial charge on any atom is 0.359 e. The minimum Gasteiger partial charge on any atom is -0.544 e. The van der Waals surface area contributed by atoms with Crippen LogP contribution in [-0.2, 0) is 25.7 Å². The number of carbonyl (C=O) groups is 4. The van der Waals surface area contributed by atoms with Crippen molar-refractivity contribution in [1.82, 2.24) is 0 Å². The zero-order chi connectivity index (χ0) is 23.7. The van der Waals surface area contributed by atoms with E-state index in [1.54, 1.807) is 24.3 Å². The van der Waals surface area contributed by atoms with E-state index in [9.17, 15) is 39.6 Å². The van der Waals surface area contributed by atoms with Crippen LogP contribution in [0, 0.1) is 0 Å². The number of nitrogen functional groups attached to an aromatic ring is 1. The summed E-state index contributed by atoms with van der Waals surface area (Å²) in [5.41, 5.74) is 12.3. The number of hydrogen-bond donors (Lipinski definition) is 4. The molecule has 1 aromatic carbocycles. The maximum absolute atomic E-state index is 11.5. The average Bonchev–Trinajstić information content (AvgIpc) is 2.60. The van der Waals surface area contributed by atoms with Crippen LogP contribution in [0.15, 0.2) is 24.3 Å². The van der Waals surface area contributed by atoms with Gasteiger partial charge in [0.15, 0.2) is 13.1 Å². The molecule has 0 heterocycles. The SMILES string of the molecule is NCC[N+](CC[N+](CC(=O)[O-])(CC(=O)[O-])Cc1ccc(N)cc1)(CC(=O)O)CC(=O)O. The Morgan fingerprint density at radius 3 is 1.61 bits per heavy atom. The highest BCUT2D eigenvalue weighted by Gasteiger charge is 2.38. The number of rotatable bonds is 15. The molecule has 0 spiro atoms. The molecule has 1 aromatic rings. The fourth-order valence-corrected chi connectivity index (χ4v) is 3.72. The molecule has 0 atom stereocenters. The zero-order valence-corrected chi connectivity index (χ0v) is 17.1. The second-order valence-electron chi connectivity index (χ2n) is 7.71. The monoisotopic (exact) mass is 440 g/mol. The maximum atomic E-state index is 11.5. The minimum absolute atomic E-state index is 0.00286. The summed E-state index contributed by atoms with van der Waals surface area (Å²) < 4.78 is -1.03. The van der Waals surface area contributed by atoms with E-state index < -0.39 is 59.0 Å². The van der Waals surface area contributed by atoms with E-state index in [-0.39, 0.29) is 32.7 Å². The van der Waals surface area contributed by atoms with Gasteiger partial charge in [0.1, 0.15) is 32.7 Å². The lowest BCUT2D eigenvalue weighted by Gasteiger charge is -2.43. The molecule has 0 aliphatic heterocycles. The quantitative estimate of drug-likeness (QED) is 0.154. The zero-order valence-electron chi connectivity index (χ0n) is 17.1. The van der Waals surface area contributed by atoms with Gasteiger partial charge in [0.25, 0.3) is 0 Å². The van der Waals surface area contributed by atoms with Crippen LogP contribution in [0.5, 0.6) is 0 Å². The van der Waals surface area contributed by atoms with Gasteiger partial charge in [-0.25, -0.2) is 9.59 Å². The van der Waals surface area contributed by atoms with Gasteiger partial charge in [-0.3, -0.25) is 4.48 Å². The standard InChI is InChI=1S/C19H28N4O8/c20-5-6-22(10-16(24)25,11-17(26)27)7-8-23(12-18(28)29,13-19(30)31)9-14-1-3-15(21)4-2-14/h1-4H,5-13,20-21H2,(H2-2,24,25,26,27,28,29,30,31). The molecule has 12 heteroatoms. The third-order valence-electron chi connectivity index (χ3n) is 5.02. The minimum atomic E-state index is -1.51. The fraction of sp³-hybridized carbons (Fsp3) is 0.474. The van der Waals surface area contributed by atoms with Gasteiger partial charge in [-0.05, 0) is 12.1 Å². The van der Waals surface area contributed by atoms with Crippen LogP contribution < -0.4 is 21.7 Å². The highest BCUT2D eigenvalue weighted by molar-refractivity contribution is 5.70. The average molecular weight is 440 g/mol. The predicted molar refractivity (Wildman–Crippen MR) is 103 cm³/mol. The summed E-state index contributed by atoms with van der Waals surface area (Å²) in [6.45, 7) is -2.88. The number of benzene rings is 1. The predicted octanol–water partition coefficient (Wildman–Crippen LogP) is -3.97. The highest BCUT2D eigenvalue weighted by atomic mass is 16.4. The smallest absolute Gasteiger partial charge is 0.359 e. The molecule has 0 aliphatic carbocycles. The highest BCUT2D eigenvalue weighted by Crippen LogP contribution is 2.18. The number of quaternary nitrogens is 2. The van der Waals surface area contributed by atoms with Crippen molar-refractivity contribution in [2.75, 3.05) is 58.1 Å². The normalized spacial score (nSPS) is 11.8. The number of nitrogens with two attached hydrogens (primary N) is 2. The lowest BCUT2D eigenvalue weighted by Crippen LogP contribution is -2.64. The Morgan fingerprint density at radius 2 is 1.23 bits per heavy atom. The number of anilines is 1. The van der Waals surface area contributed by atoms with Gasteiger partial charge in [0.2, 0.25) is 0 Å². The summed E-state index contributed by atoms with van der Waals surface area (Å²) in [7, 11) is 0. The molecule has 0 amide bonds. The molecule has 0 aromatic heterocycles. The van der Waals surface area contributed by atoms with Crippen molar-refractivity contribution < 1.29 is 48.6 Å². The molecule has 1 rings (SSSR count). The first kappa shape index (κ1) is 25.8. The molecule has 12 nitrogen and oxygen atoms in total. The number of carbonyl (C=O) groups excluding carboxylic acids is 2. The Labute approximate surface area is 179 Å². The van der Waals surface area contributed by atoms with E-state index in [1.807, 2.05) is 0 Å². The van der Waals surface area contributed by atoms with Crippen LogP contribution in [0.2, 0.25) is 0 Å². The molecule has 0 radical (unpaired) electrons. The van der Waals surface area contributed by atoms with Crippen LogP contribution in [0.3, 0.4) is 0 Å². The molecule has 172 valence electrons. The third-order valence-corrected chi connectivity index (χ3v) is 5.02. The van der Waals surface area contributed by atoms with Crippen LogP contribution >= 0.6 is 0 Å². The van der Waals surface area contributed by atoms with Crippen molar-refractivity contribution >= 4 is 29.6 Å². The van der Waals surface area contributed by atoms with Crippen LogP contribution in [0.25, 0.3) is 0 Å². The Hall–Kier alpha value is -3.22. The van der Waals surface area contributed by atoms with Crippen molar-refractivity contribution in [3.8, 4) is 0 Å². The fourth-order valence-electron chi connectivity index (χ4n) is 3.72. The summed E-state index contributed by atoms with van der Waals surface area (Å²) in [6.07, 6.45) is 0. The number of carboxylic acids is 4. The van der Waals surface area contributed by atoms with Crippen LogP contribution in [-0.4, -0.2) is 95.4 Å². The Kier molecular flexibility index (Phi) is 9.37. The Balaban J connectivity index is 3.34. The van der Waals surface area contributed by atoms with E-state index in [1.165, 1.54) is 0 Å². The summed E-state index contributed by atoms with van der Waals surface area (Å²) in [6, 6.07) is 6.38. The third kappa shape index (κ3) is 8.99. The van der Waals surface area contributed by atoms with Gasteiger partial charge in [0, 0.05) is 17.8 Å². The summed E-state index contributed by atoms with van der Waals surface area (Å²) in [5.74, 6) is -5.53. The summed E-state index contributed by atoms with van der Waals surface area (Å²) in [5, 5.41) is 41.5. The molecule has 0 unspecified atom stereocenters. The van der Waals surface area contributed by atoms with Crippen molar-refractivity contribution in [2.24, 2.45) is 5.73 Å². The van der Waals surface area contributed by atoms with Crippen molar-refractivity contribution in [1.29, 1.82) is 0 Å².